The van der Waals surface area contributed by atoms with Gasteiger partial charge in [-0.2, -0.15) is 0 Å². The normalized spacial score (nSPS) is 10.8. The van der Waals surface area contributed by atoms with E-state index in [9.17, 15) is 19.7 Å². The van der Waals surface area contributed by atoms with Crippen LogP contribution in [0.25, 0.3) is 6.08 Å². The Morgan fingerprint density at radius 1 is 1.20 bits per heavy atom. The van der Waals surface area contributed by atoms with Crippen molar-refractivity contribution >= 4 is 23.5 Å². The summed E-state index contributed by atoms with van der Waals surface area (Å²) in [5.74, 6) is 0. The largest absolute Gasteiger partial charge is 0.325 e. The second-order valence-electron chi connectivity index (χ2n) is 3.70. The third-order valence-corrected chi connectivity index (χ3v) is 3.16. The number of non-ortho nitro benzene ring substituents is 1. The molecule has 0 radical (unpaired) electrons. The number of thioether (sulfide) groups is 1. The van der Waals surface area contributed by atoms with Crippen LogP contribution in [0.3, 0.4) is 0 Å². The first kappa shape index (κ1) is 13.8. The minimum absolute atomic E-state index is 0.0235. The predicted molar refractivity (Wildman–Crippen MR) is 75.7 cm³/mol. The van der Waals surface area contributed by atoms with Crippen LogP contribution < -0.4 is 11.2 Å². The smallest absolute Gasteiger partial charge is 0.314 e. The number of aromatic amines is 2. The second kappa shape index (κ2) is 6.02. The Labute approximate surface area is 116 Å². The lowest BCUT2D eigenvalue weighted by molar-refractivity contribution is -0.384. The second-order valence-corrected chi connectivity index (χ2v) is 4.68. The van der Waals surface area contributed by atoms with Crippen molar-refractivity contribution < 1.29 is 4.92 Å². The molecule has 0 aliphatic carbocycles. The average Bonchev–Trinajstić information content (AvgIpc) is 2.42. The SMILES string of the molecule is O=c1[nH]cc(/C=C/Sc2ccc([N+](=O)[O-])cc2)c(=O)[nH]1. The van der Waals surface area contributed by atoms with E-state index >= 15 is 0 Å². The molecular weight excluding hydrogens is 282 g/mol. The first-order valence-corrected chi connectivity index (χ1v) is 6.34. The summed E-state index contributed by atoms with van der Waals surface area (Å²) in [4.78, 5) is 37.5. The van der Waals surface area contributed by atoms with Crippen molar-refractivity contribution in [1.29, 1.82) is 0 Å². The van der Waals surface area contributed by atoms with Gasteiger partial charge in [-0.15, -0.1) is 0 Å². The number of hydrogen-bond acceptors (Lipinski definition) is 5. The highest BCUT2D eigenvalue weighted by Gasteiger charge is 2.03. The van der Waals surface area contributed by atoms with Crippen LogP contribution >= 0.6 is 11.8 Å². The molecular formula is C12H9N3O4S. The van der Waals surface area contributed by atoms with Crippen LogP contribution in [-0.2, 0) is 0 Å². The van der Waals surface area contributed by atoms with Crippen LogP contribution in [0.4, 0.5) is 5.69 Å². The van der Waals surface area contributed by atoms with E-state index in [1.54, 1.807) is 23.6 Å². The monoisotopic (exact) mass is 291 g/mol. The zero-order chi connectivity index (χ0) is 14.5. The van der Waals surface area contributed by atoms with Crippen LogP contribution in [0, 0.1) is 10.1 Å². The van der Waals surface area contributed by atoms with E-state index in [0.29, 0.717) is 5.56 Å². The van der Waals surface area contributed by atoms with Gasteiger partial charge in [0.1, 0.15) is 0 Å². The van der Waals surface area contributed by atoms with Crippen molar-refractivity contribution in [2.45, 2.75) is 4.90 Å². The molecule has 7 nitrogen and oxygen atoms in total. The van der Waals surface area contributed by atoms with Crippen LogP contribution in [0.5, 0.6) is 0 Å². The molecule has 0 bridgehead atoms. The number of aromatic nitrogens is 2. The molecule has 0 aliphatic rings. The summed E-state index contributed by atoms with van der Waals surface area (Å²) in [5, 5.41) is 12.2. The quantitative estimate of drug-likeness (QED) is 0.506. The van der Waals surface area contributed by atoms with Gasteiger partial charge in [-0.25, -0.2) is 4.79 Å². The van der Waals surface area contributed by atoms with Crippen molar-refractivity contribution in [1.82, 2.24) is 9.97 Å². The van der Waals surface area contributed by atoms with Gasteiger partial charge in [0.25, 0.3) is 11.2 Å². The molecule has 0 aliphatic heterocycles. The fourth-order valence-corrected chi connectivity index (χ4v) is 2.04. The maximum Gasteiger partial charge on any atom is 0.325 e. The number of nitro benzene ring substituents is 1. The lowest BCUT2D eigenvalue weighted by Crippen LogP contribution is -2.22. The molecule has 2 N–H and O–H groups in total. The molecule has 1 heterocycles. The average molecular weight is 291 g/mol. The van der Waals surface area contributed by atoms with Gasteiger partial charge < -0.3 is 4.98 Å². The van der Waals surface area contributed by atoms with Crippen molar-refractivity contribution in [3.63, 3.8) is 0 Å². The first-order valence-electron chi connectivity index (χ1n) is 5.46. The van der Waals surface area contributed by atoms with Gasteiger partial charge in [0.15, 0.2) is 0 Å². The number of H-pyrrole nitrogens is 2. The summed E-state index contributed by atoms with van der Waals surface area (Å²) < 4.78 is 0. The Morgan fingerprint density at radius 3 is 2.50 bits per heavy atom. The van der Waals surface area contributed by atoms with Crippen LogP contribution in [0.1, 0.15) is 5.56 Å². The molecule has 0 unspecified atom stereocenters. The van der Waals surface area contributed by atoms with Crippen LogP contribution in [0.15, 0.2) is 50.4 Å². The molecule has 102 valence electrons. The highest BCUT2D eigenvalue weighted by Crippen LogP contribution is 2.22. The summed E-state index contributed by atoms with van der Waals surface area (Å²) in [7, 11) is 0. The van der Waals surface area contributed by atoms with E-state index in [2.05, 4.69) is 9.97 Å². The zero-order valence-corrected chi connectivity index (χ0v) is 10.8. The lowest BCUT2D eigenvalue weighted by atomic mass is 10.3. The van der Waals surface area contributed by atoms with Gasteiger partial charge in [-0.3, -0.25) is 19.9 Å². The zero-order valence-electron chi connectivity index (χ0n) is 10.0. The van der Waals surface area contributed by atoms with Crippen LogP contribution in [-0.4, -0.2) is 14.9 Å². The summed E-state index contributed by atoms with van der Waals surface area (Å²) in [6, 6.07) is 6.04. The Bertz CT molecular complexity index is 761. The van der Waals surface area contributed by atoms with Crippen molar-refractivity contribution in [3.05, 3.63) is 72.4 Å². The Balaban J connectivity index is 2.08. The molecule has 2 aromatic rings. The molecule has 8 heteroatoms. The summed E-state index contributed by atoms with van der Waals surface area (Å²) >= 11 is 1.30. The highest BCUT2D eigenvalue weighted by molar-refractivity contribution is 8.02. The number of hydrogen-bond donors (Lipinski definition) is 2. The molecule has 0 atom stereocenters. The first-order chi connectivity index (χ1) is 9.56. The minimum atomic E-state index is -0.560. The number of nitrogens with one attached hydrogen (secondary N) is 2. The van der Waals surface area contributed by atoms with E-state index in [1.807, 2.05) is 0 Å². The maximum absolute atomic E-state index is 11.4. The lowest BCUT2D eigenvalue weighted by Gasteiger charge is -1.95. The number of nitrogens with zero attached hydrogens (tertiary/aromatic N) is 1. The minimum Gasteiger partial charge on any atom is -0.314 e. The van der Waals surface area contributed by atoms with Crippen molar-refractivity contribution in [3.8, 4) is 0 Å². The molecule has 0 saturated heterocycles. The third-order valence-electron chi connectivity index (χ3n) is 2.35. The van der Waals surface area contributed by atoms with E-state index in [1.165, 1.54) is 30.1 Å². The molecule has 0 saturated carbocycles. The maximum atomic E-state index is 11.4. The molecule has 0 amide bonds. The number of nitro groups is 1. The number of rotatable bonds is 4. The molecule has 0 spiro atoms. The van der Waals surface area contributed by atoms with Gasteiger partial charge in [0, 0.05) is 23.2 Å². The van der Waals surface area contributed by atoms with Gasteiger partial charge >= 0.3 is 5.69 Å². The van der Waals surface area contributed by atoms with Gasteiger partial charge in [0.2, 0.25) is 0 Å². The molecule has 1 aromatic heterocycles. The van der Waals surface area contributed by atoms with E-state index in [-0.39, 0.29) is 5.69 Å². The van der Waals surface area contributed by atoms with Crippen LogP contribution in [0.2, 0.25) is 0 Å². The molecule has 2 rings (SSSR count). The Kier molecular flexibility index (Phi) is 4.16. The van der Waals surface area contributed by atoms with Crippen molar-refractivity contribution in [2.24, 2.45) is 0 Å². The van der Waals surface area contributed by atoms with Crippen molar-refractivity contribution in [2.75, 3.05) is 0 Å². The van der Waals surface area contributed by atoms with Gasteiger partial charge in [-0.1, -0.05) is 11.8 Å². The fraction of sp³-hybridized carbons (Fsp3) is 0. The Hall–Kier alpha value is -2.61. The summed E-state index contributed by atoms with van der Waals surface area (Å²) in [6.45, 7) is 0. The third kappa shape index (κ3) is 3.45. The standard InChI is InChI=1S/C12H9N3O4S/c16-11-8(7-13-12(17)14-11)5-6-20-10-3-1-9(2-4-10)15(18)19/h1-7H,(H2,13,14,16,17)/b6-5+. The topological polar surface area (TPSA) is 109 Å². The van der Waals surface area contributed by atoms with E-state index in [0.717, 1.165) is 4.90 Å². The summed E-state index contributed by atoms with van der Waals surface area (Å²) in [5.41, 5.74) is -0.695. The fourth-order valence-electron chi connectivity index (χ4n) is 1.38. The van der Waals surface area contributed by atoms with E-state index in [4.69, 9.17) is 0 Å². The van der Waals surface area contributed by atoms with E-state index < -0.39 is 16.2 Å². The van der Waals surface area contributed by atoms with Gasteiger partial charge in [-0.05, 0) is 23.6 Å². The highest BCUT2D eigenvalue weighted by atomic mass is 32.2. The predicted octanol–water partition coefficient (Wildman–Crippen LogP) is 1.73. The van der Waals surface area contributed by atoms with Gasteiger partial charge in [0.05, 0.1) is 10.5 Å². The summed E-state index contributed by atoms with van der Waals surface area (Å²) in [6.07, 6.45) is 2.86. The molecule has 20 heavy (non-hydrogen) atoms. The molecule has 1 aromatic carbocycles. The molecule has 0 fully saturated rings. The Morgan fingerprint density at radius 2 is 1.90 bits per heavy atom. The number of benzene rings is 1.